The van der Waals surface area contributed by atoms with Gasteiger partial charge in [0.2, 0.25) is 0 Å². The van der Waals surface area contributed by atoms with Crippen LogP contribution in [0.25, 0.3) is 0 Å². The van der Waals surface area contributed by atoms with E-state index in [0.29, 0.717) is 16.7 Å². The smallest absolute Gasteiger partial charge is 0.146 e. The molecule has 3 aromatic rings. The first-order valence-corrected chi connectivity index (χ1v) is 11.2. The Bertz CT molecular complexity index is 1090. The highest BCUT2D eigenvalue weighted by Gasteiger charge is 2.35. The van der Waals surface area contributed by atoms with E-state index in [1.54, 1.807) is 0 Å². The second kappa shape index (κ2) is 8.76. The van der Waals surface area contributed by atoms with Crippen LogP contribution in [0.1, 0.15) is 51.2 Å². The fourth-order valence-corrected chi connectivity index (χ4v) is 4.77. The molecule has 1 atom stereocenters. The Kier molecular flexibility index (Phi) is 6.06. The van der Waals surface area contributed by atoms with E-state index >= 15 is 0 Å². The standard InChI is InChI=1S/C27H29ClN2O/c1-5-30-25-15-10-20(16-23(25)19(2)17-27(30,3)4)18-29-21-11-13-22(14-12-21)31-26-9-7-6-8-24(26)28/h6-16,18-19H,5,17H2,1-4H3. The first-order chi connectivity index (χ1) is 14.9. The normalized spacial score (nSPS) is 17.6. The summed E-state index contributed by atoms with van der Waals surface area (Å²) in [5.74, 6) is 1.91. The minimum atomic E-state index is 0.185. The van der Waals surface area contributed by atoms with Crippen LogP contribution in [0.3, 0.4) is 0 Å². The summed E-state index contributed by atoms with van der Waals surface area (Å²) < 4.78 is 5.85. The molecule has 0 saturated carbocycles. The predicted molar refractivity (Wildman–Crippen MR) is 132 cm³/mol. The van der Waals surface area contributed by atoms with Crippen molar-refractivity contribution in [3.8, 4) is 11.5 Å². The lowest BCUT2D eigenvalue weighted by Gasteiger charge is -2.47. The molecule has 0 amide bonds. The Morgan fingerprint density at radius 2 is 1.84 bits per heavy atom. The third-order valence-corrected chi connectivity index (χ3v) is 6.30. The van der Waals surface area contributed by atoms with Gasteiger partial charge in [-0.25, -0.2) is 0 Å². The van der Waals surface area contributed by atoms with Gasteiger partial charge in [0.1, 0.15) is 11.5 Å². The molecule has 0 spiro atoms. The van der Waals surface area contributed by atoms with Crippen molar-refractivity contribution in [1.82, 2.24) is 0 Å². The summed E-state index contributed by atoms with van der Waals surface area (Å²) in [5.41, 5.74) is 4.95. The van der Waals surface area contributed by atoms with Gasteiger partial charge in [-0.15, -0.1) is 0 Å². The summed E-state index contributed by atoms with van der Waals surface area (Å²) in [6.45, 7) is 10.2. The van der Waals surface area contributed by atoms with Crippen LogP contribution < -0.4 is 9.64 Å². The quantitative estimate of drug-likeness (QED) is 0.381. The van der Waals surface area contributed by atoms with Gasteiger partial charge in [0.15, 0.2) is 0 Å². The van der Waals surface area contributed by atoms with Crippen molar-refractivity contribution in [2.75, 3.05) is 11.4 Å². The highest BCUT2D eigenvalue weighted by atomic mass is 35.5. The summed E-state index contributed by atoms with van der Waals surface area (Å²) >= 11 is 6.17. The van der Waals surface area contributed by atoms with Crippen molar-refractivity contribution < 1.29 is 4.74 Å². The van der Waals surface area contributed by atoms with Crippen LogP contribution in [0.5, 0.6) is 11.5 Å². The van der Waals surface area contributed by atoms with Gasteiger partial charge in [0.05, 0.1) is 10.7 Å². The van der Waals surface area contributed by atoms with E-state index in [-0.39, 0.29) is 5.54 Å². The Hall–Kier alpha value is -2.78. The van der Waals surface area contributed by atoms with E-state index in [9.17, 15) is 0 Å². The van der Waals surface area contributed by atoms with E-state index in [2.05, 4.69) is 55.8 Å². The van der Waals surface area contributed by atoms with Gasteiger partial charge in [-0.3, -0.25) is 4.99 Å². The van der Waals surface area contributed by atoms with Crippen LogP contribution in [-0.4, -0.2) is 18.3 Å². The summed E-state index contributed by atoms with van der Waals surface area (Å²) in [5, 5.41) is 0.594. The molecule has 0 fully saturated rings. The van der Waals surface area contributed by atoms with Gasteiger partial charge < -0.3 is 9.64 Å². The molecule has 1 aliphatic rings. The molecule has 1 heterocycles. The second-order valence-electron chi connectivity index (χ2n) is 8.76. The zero-order valence-electron chi connectivity index (χ0n) is 18.6. The Morgan fingerprint density at radius 3 is 2.55 bits per heavy atom. The number of rotatable bonds is 5. The summed E-state index contributed by atoms with van der Waals surface area (Å²) in [6.07, 6.45) is 3.09. The van der Waals surface area contributed by atoms with Gasteiger partial charge in [-0.2, -0.15) is 0 Å². The second-order valence-corrected chi connectivity index (χ2v) is 9.17. The van der Waals surface area contributed by atoms with Crippen LogP contribution in [-0.2, 0) is 0 Å². The van der Waals surface area contributed by atoms with E-state index in [0.717, 1.165) is 30.0 Å². The van der Waals surface area contributed by atoms with Gasteiger partial charge in [-0.1, -0.05) is 36.7 Å². The number of para-hydroxylation sites is 1. The number of fused-ring (bicyclic) bond motifs is 1. The van der Waals surface area contributed by atoms with E-state index in [4.69, 9.17) is 16.3 Å². The number of benzene rings is 3. The summed E-state index contributed by atoms with van der Waals surface area (Å²) in [6, 6.07) is 21.9. The van der Waals surface area contributed by atoms with Gasteiger partial charge in [0, 0.05) is 24.0 Å². The Balaban J connectivity index is 1.50. The molecule has 0 saturated heterocycles. The molecule has 3 aromatic carbocycles. The van der Waals surface area contributed by atoms with Gasteiger partial charge in [0.25, 0.3) is 0 Å². The Labute approximate surface area is 190 Å². The molecule has 0 N–H and O–H groups in total. The molecule has 0 radical (unpaired) electrons. The zero-order valence-corrected chi connectivity index (χ0v) is 19.4. The molecule has 1 aliphatic heterocycles. The van der Waals surface area contributed by atoms with Crippen LogP contribution in [0, 0.1) is 0 Å². The molecule has 3 nitrogen and oxygen atoms in total. The molecule has 0 aromatic heterocycles. The number of ether oxygens (including phenoxy) is 1. The lowest BCUT2D eigenvalue weighted by molar-refractivity contribution is 0.381. The fourth-order valence-electron chi connectivity index (χ4n) is 4.59. The van der Waals surface area contributed by atoms with E-state index < -0.39 is 0 Å². The lowest BCUT2D eigenvalue weighted by atomic mass is 9.79. The largest absolute Gasteiger partial charge is 0.456 e. The van der Waals surface area contributed by atoms with Crippen molar-refractivity contribution in [2.24, 2.45) is 4.99 Å². The van der Waals surface area contributed by atoms with Crippen LogP contribution in [0.2, 0.25) is 5.02 Å². The predicted octanol–water partition coefficient (Wildman–Crippen LogP) is 8.00. The maximum Gasteiger partial charge on any atom is 0.146 e. The Morgan fingerprint density at radius 1 is 1.10 bits per heavy atom. The summed E-state index contributed by atoms with van der Waals surface area (Å²) in [4.78, 5) is 7.18. The topological polar surface area (TPSA) is 24.8 Å². The molecular formula is C27H29ClN2O. The third kappa shape index (κ3) is 4.62. The highest BCUT2D eigenvalue weighted by Crippen LogP contribution is 2.43. The maximum absolute atomic E-state index is 6.17. The fraction of sp³-hybridized carbons (Fsp3) is 0.296. The molecular weight excluding hydrogens is 404 g/mol. The van der Waals surface area contributed by atoms with E-state index in [1.807, 2.05) is 54.7 Å². The van der Waals surface area contributed by atoms with Crippen molar-refractivity contribution in [3.63, 3.8) is 0 Å². The average molecular weight is 433 g/mol. The number of aliphatic imine (C=N–C) groups is 1. The average Bonchev–Trinajstić information content (AvgIpc) is 2.75. The molecule has 4 rings (SSSR count). The molecule has 0 aliphatic carbocycles. The van der Waals surface area contributed by atoms with Crippen LogP contribution in [0.15, 0.2) is 71.7 Å². The minimum absolute atomic E-state index is 0.185. The maximum atomic E-state index is 6.17. The minimum Gasteiger partial charge on any atom is -0.456 e. The first-order valence-electron chi connectivity index (χ1n) is 10.9. The SMILES string of the molecule is CCN1c2ccc(C=Nc3ccc(Oc4ccccc4Cl)cc3)cc2C(C)CC1(C)C. The van der Waals surface area contributed by atoms with E-state index in [1.165, 1.54) is 11.3 Å². The molecule has 4 heteroatoms. The number of anilines is 1. The van der Waals surface area contributed by atoms with Gasteiger partial charge in [-0.05, 0) is 92.8 Å². The van der Waals surface area contributed by atoms with Crippen LogP contribution in [0.4, 0.5) is 11.4 Å². The molecule has 0 bridgehead atoms. The summed E-state index contributed by atoms with van der Waals surface area (Å²) in [7, 11) is 0. The molecule has 160 valence electrons. The van der Waals surface area contributed by atoms with Crippen LogP contribution >= 0.6 is 11.6 Å². The van der Waals surface area contributed by atoms with Crippen molar-refractivity contribution in [1.29, 1.82) is 0 Å². The number of hydrogen-bond donors (Lipinski definition) is 0. The van der Waals surface area contributed by atoms with Crippen molar-refractivity contribution in [2.45, 2.75) is 45.6 Å². The van der Waals surface area contributed by atoms with Crippen molar-refractivity contribution in [3.05, 3.63) is 82.9 Å². The number of nitrogens with zero attached hydrogens (tertiary/aromatic N) is 2. The van der Waals surface area contributed by atoms with Crippen molar-refractivity contribution >= 4 is 29.2 Å². The number of halogens is 1. The highest BCUT2D eigenvalue weighted by molar-refractivity contribution is 6.32. The third-order valence-electron chi connectivity index (χ3n) is 5.99. The number of hydrogen-bond acceptors (Lipinski definition) is 3. The first kappa shape index (κ1) is 21.5. The molecule has 31 heavy (non-hydrogen) atoms. The monoisotopic (exact) mass is 432 g/mol. The molecule has 1 unspecified atom stereocenters. The lowest BCUT2D eigenvalue weighted by Crippen LogP contribution is -2.48. The zero-order chi connectivity index (χ0) is 22.0. The van der Waals surface area contributed by atoms with Gasteiger partial charge >= 0.3 is 0 Å².